The van der Waals surface area contributed by atoms with E-state index in [0.717, 1.165) is 60.4 Å². The number of piperazine rings is 1. The Morgan fingerprint density at radius 3 is 2.50 bits per heavy atom. The van der Waals surface area contributed by atoms with Crippen LogP contribution in [-0.2, 0) is 13.0 Å². The Morgan fingerprint density at radius 2 is 1.87 bits per heavy atom. The van der Waals surface area contributed by atoms with Crippen molar-refractivity contribution in [2.75, 3.05) is 38.2 Å². The molecule has 0 bridgehead atoms. The number of phenols is 1. The van der Waals surface area contributed by atoms with Crippen LogP contribution in [0.5, 0.6) is 11.5 Å². The summed E-state index contributed by atoms with van der Waals surface area (Å²) in [4.78, 5) is 15.7. The molecule has 4 rings (SSSR count). The summed E-state index contributed by atoms with van der Waals surface area (Å²) in [6.45, 7) is 8.32. The standard InChI is InChI=1S/C24H28N2O4/c1-4-17-14-20-16(2)13-22(27)30-24(20)21(23(17)28)15-25-9-11-26(12-10-25)18-5-7-19(29-3)8-6-18/h5-8,13-14,28H,4,9-12,15H2,1-3H3/p+1. The molecule has 3 aromatic rings. The molecular weight excluding hydrogens is 380 g/mol. The molecule has 2 heterocycles. The van der Waals surface area contributed by atoms with Gasteiger partial charge in [-0.05, 0) is 54.8 Å². The summed E-state index contributed by atoms with van der Waals surface area (Å²) in [7, 11) is 1.67. The fourth-order valence-corrected chi connectivity index (χ4v) is 4.30. The summed E-state index contributed by atoms with van der Waals surface area (Å²) in [5, 5.41) is 11.8. The van der Waals surface area contributed by atoms with Crippen molar-refractivity contribution in [3.05, 3.63) is 63.5 Å². The van der Waals surface area contributed by atoms with Gasteiger partial charge in [-0.1, -0.05) is 6.92 Å². The number of benzene rings is 2. The Bertz CT molecular complexity index is 1100. The van der Waals surface area contributed by atoms with E-state index < -0.39 is 0 Å². The Balaban J connectivity index is 1.56. The molecule has 0 unspecified atom stereocenters. The molecule has 158 valence electrons. The zero-order chi connectivity index (χ0) is 21.3. The Morgan fingerprint density at radius 1 is 1.17 bits per heavy atom. The average molecular weight is 410 g/mol. The number of ether oxygens (including phenoxy) is 1. The fraction of sp³-hybridized carbons (Fsp3) is 0.375. The van der Waals surface area contributed by atoms with Crippen LogP contribution in [0.1, 0.15) is 23.6 Å². The van der Waals surface area contributed by atoms with Crippen molar-refractivity contribution in [1.29, 1.82) is 0 Å². The molecule has 0 saturated carbocycles. The van der Waals surface area contributed by atoms with Crippen LogP contribution in [0.15, 0.2) is 45.6 Å². The normalized spacial score (nSPS) is 15.0. The lowest BCUT2D eigenvalue weighted by molar-refractivity contribution is -0.914. The molecule has 0 spiro atoms. The lowest BCUT2D eigenvalue weighted by Crippen LogP contribution is -3.13. The van der Waals surface area contributed by atoms with Crippen LogP contribution < -0.4 is 20.2 Å². The summed E-state index contributed by atoms with van der Waals surface area (Å²) in [6, 6.07) is 11.6. The van der Waals surface area contributed by atoms with E-state index in [1.165, 1.54) is 16.7 Å². The maximum Gasteiger partial charge on any atom is 0.336 e. The van der Waals surface area contributed by atoms with E-state index in [9.17, 15) is 9.90 Å². The number of fused-ring (bicyclic) bond motifs is 1. The van der Waals surface area contributed by atoms with Crippen molar-refractivity contribution in [3.63, 3.8) is 0 Å². The van der Waals surface area contributed by atoms with Crippen molar-refractivity contribution >= 4 is 16.7 Å². The van der Waals surface area contributed by atoms with Crippen molar-refractivity contribution in [3.8, 4) is 11.5 Å². The minimum atomic E-state index is -0.371. The van der Waals surface area contributed by atoms with E-state index >= 15 is 0 Å². The van der Waals surface area contributed by atoms with Crippen LogP contribution in [0.25, 0.3) is 11.0 Å². The molecule has 1 fully saturated rings. The van der Waals surface area contributed by atoms with Gasteiger partial charge in [-0.2, -0.15) is 0 Å². The van der Waals surface area contributed by atoms with Gasteiger partial charge in [-0.25, -0.2) is 4.79 Å². The average Bonchev–Trinajstić information content (AvgIpc) is 2.76. The highest BCUT2D eigenvalue weighted by molar-refractivity contribution is 5.86. The number of rotatable bonds is 5. The number of methoxy groups -OCH3 is 1. The molecule has 0 amide bonds. The number of aromatic hydroxyl groups is 1. The van der Waals surface area contributed by atoms with E-state index in [-0.39, 0.29) is 11.4 Å². The summed E-state index contributed by atoms with van der Waals surface area (Å²) in [6.07, 6.45) is 0.730. The first kappa shape index (κ1) is 20.3. The number of nitrogens with one attached hydrogen (secondary N) is 1. The van der Waals surface area contributed by atoms with Gasteiger partial charge in [0, 0.05) is 17.1 Å². The molecule has 1 saturated heterocycles. The minimum Gasteiger partial charge on any atom is -0.507 e. The smallest absolute Gasteiger partial charge is 0.336 e. The van der Waals surface area contributed by atoms with Gasteiger partial charge in [0.25, 0.3) is 0 Å². The minimum absolute atomic E-state index is 0.267. The van der Waals surface area contributed by atoms with E-state index in [4.69, 9.17) is 9.15 Å². The van der Waals surface area contributed by atoms with Crippen molar-refractivity contribution < 1.29 is 19.2 Å². The number of quaternary nitrogens is 1. The van der Waals surface area contributed by atoms with Gasteiger partial charge in [0.1, 0.15) is 18.0 Å². The highest BCUT2D eigenvalue weighted by Gasteiger charge is 2.25. The summed E-state index contributed by atoms with van der Waals surface area (Å²) in [5.74, 6) is 1.13. The van der Waals surface area contributed by atoms with Crippen molar-refractivity contribution in [2.24, 2.45) is 0 Å². The van der Waals surface area contributed by atoms with Crippen LogP contribution in [0.4, 0.5) is 5.69 Å². The highest BCUT2D eigenvalue weighted by Crippen LogP contribution is 2.32. The van der Waals surface area contributed by atoms with Gasteiger partial charge in [0.05, 0.1) is 38.9 Å². The Hall–Kier alpha value is -2.99. The second-order valence-corrected chi connectivity index (χ2v) is 7.95. The van der Waals surface area contributed by atoms with E-state index in [0.29, 0.717) is 12.1 Å². The fourth-order valence-electron chi connectivity index (χ4n) is 4.30. The first-order chi connectivity index (χ1) is 14.5. The Labute approximate surface area is 176 Å². The summed E-state index contributed by atoms with van der Waals surface area (Å²) >= 11 is 0. The molecule has 0 aliphatic carbocycles. The van der Waals surface area contributed by atoms with E-state index in [2.05, 4.69) is 17.0 Å². The van der Waals surface area contributed by atoms with E-state index in [1.54, 1.807) is 7.11 Å². The quantitative estimate of drug-likeness (QED) is 0.633. The number of hydrogen-bond donors (Lipinski definition) is 2. The summed E-state index contributed by atoms with van der Waals surface area (Å²) < 4.78 is 10.8. The molecule has 2 aromatic carbocycles. The van der Waals surface area contributed by atoms with Gasteiger partial charge in [-0.3, -0.25) is 0 Å². The van der Waals surface area contributed by atoms with Gasteiger partial charge < -0.3 is 24.1 Å². The van der Waals surface area contributed by atoms with Crippen LogP contribution in [0, 0.1) is 6.92 Å². The SMILES string of the molecule is CCc1cc2c(C)cc(=O)oc2c(C[NH+]2CCN(c3ccc(OC)cc3)CC2)c1O. The topological polar surface area (TPSA) is 67.4 Å². The molecule has 2 N–H and O–H groups in total. The lowest BCUT2D eigenvalue weighted by Gasteiger charge is -2.34. The third kappa shape index (κ3) is 3.87. The molecule has 6 heteroatoms. The molecular formula is C24H29N2O4+. The second-order valence-electron chi connectivity index (χ2n) is 7.95. The van der Waals surface area contributed by atoms with Gasteiger partial charge in [0.2, 0.25) is 0 Å². The zero-order valence-corrected chi connectivity index (χ0v) is 17.8. The van der Waals surface area contributed by atoms with Crippen LogP contribution in [0.2, 0.25) is 0 Å². The number of aryl methyl sites for hydroxylation is 2. The van der Waals surface area contributed by atoms with Crippen molar-refractivity contribution in [2.45, 2.75) is 26.8 Å². The molecule has 1 aromatic heterocycles. The maximum absolute atomic E-state index is 12.0. The van der Waals surface area contributed by atoms with Gasteiger partial charge in [0.15, 0.2) is 5.58 Å². The molecule has 1 aliphatic heterocycles. The molecule has 0 atom stereocenters. The predicted molar refractivity (Wildman–Crippen MR) is 118 cm³/mol. The largest absolute Gasteiger partial charge is 0.507 e. The lowest BCUT2D eigenvalue weighted by atomic mass is 9.99. The first-order valence-electron chi connectivity index (χ1n) is 10.5. The second kappa shape index (κ2) is 8.40. The number of nitrogens with zero attached hydrogens (tertiary/aromatic N) is 1. The number of anilines is 1. The third-order valence-corrected chi connectivity index (χ3v) is 6.10. The van der Waals surface area contributed by atoms with Crippen LogP contribution >= 0.6 is 0 Å². The molecule has 30 heavy (non-hydrogen) atoms. The first-order valence-corrected chi connectivity index (χ1v) is 10.5. The Kier molecular flexibility index (Phi) is 5.68. The van der Waals surface area contributed by atoms with Crippen LogP contribution in [0.3, 0.4) is 0 Å². The zero-order valence-electron chi connectivity index (χ0n) is 17.8. The van der Waals surface area contributed by atoms with Crippen molar-refractivity contribution in [1.82, 2.24) is 0 Å². The predicted octanol–water partition coefficient (Wildman–Crippen LogP) is 2.28. The van der Waals surface area contributed by atoms with Gasteiger partial charge >= 0.3 is 5.63 Å². The number of phenolic OH excluding ortho intramolecular Hbond substituents is 1. The van der Waals surface area contributed by atoms with E-state index in [1.807, 2.05) is 32.0 Å². The number of hydrogen-bond acceptors (Lipinski definition) is 5. The molecule has 6 nitrogen and oxygen atoms in total. The summed E-state index contributed by atoms with van der Waals surface area (Å²) in [5.41, 5.74) is 3.88. The van der Waals surface area contributed by atoms with Crippen LogP contribution in [-0.4, -0.2) is 38.4 Å². The third-order valence-electron chi connectivity index (χ3n) is 6.10. The highest BCUT2D eigenvalue weighted by atomic mass is 16.5. The molecule has 0 radical (unpaired) electrons. The van der Waals surface area contributed by atoms with Gasteiger partial charge in [-0.15, -0.1) is 0 Å². The monoisotopic (exact) mass is 409 g/mol. The maximum atomic E-state index is 12.0. The molecule has 1 aliphatic rings.